The van der Waals surface area contributed by atoms with Gasteiger partial charge in [0.05, 0.1) is 6.54 Å². The van der Waals surface area contributed by atoms with E-state index in [4.69, 9.17) is 4.99 Å². The number of fused-ring (bicyclic) bond motifs is 1. The van der Waals surface area contributed by atoms with Crippen molar-refractivity contribution in [1.29, 1.82) is 0 Å². The summed E-state index contributed by atoms with van der Waals surface area (Å²) in [6.07, 6.45) is 4.10. The number of allylic oxidation sites excluding steroid dienone is 1. The summed E-state index contributed by atoms with van der Waals surface area (Å²) >= 11 is 0. The van der Waals surface area contributed by atoms with Gasteiger partial charge in [-0.3, -0.25) is 4.99 Å². The van der Waals surface area contributed by atoms with E-state index in [1.807, 2.05) is 12.1 Å². The zero-order valence-corrected chi connectivity index (χ0v) is 11.6. The minimum atomic E-state index is 0.494. The van der Waals surface area contributed by atoms with Gasteiger partial charge >= 0.3 is 0 Å². The molecule has 0 fully saturated rings. The molecule has 1 aliphatic carbocycles. The molecule has 0 aliphatic heterocycles. The van der Waals surface area contributed by atoms with E-state index in [9.17, 15) is 0 Å². The van der Waals surface area contributed by atoms with Crippen molar-refractivity contribution >= 4 is 5.71 Å². The molecule has 1 heteroatoms. The second kappa shape index (κ2) is 5.87. The molecular formula is C19H19N. The second-order valence-electron chi connectivity index (χ2n) is 5.27. The van der Waals surface area contributed by atoms with Crippen LogP contribution in [0.5, 0.6) is 0 Å². The summed E-state index contributed by atoms with van der Waals surface area (Å²) in [6, 6.07) is 19.1. The first-order valence-corrected chi connectivity index (χ1v) is 7.16. The van der Waals surface area contributed by atoms with Gasteiger partial charge in [0.25, 0.3) is 0 Å². The normalized spacial score (nSPS) is 19.0. The van der Waals surface area contributed by atoms with Gasteiger partial charge in [0.15, 0.2) is 0 Å². The summed E-state index contributed by atoms with van der Waals surface area (Å²) in [6.45, 7) is 4.65. The van der Waals surface area contributed by atoms with Gasteiger partial charge in [0.1, 0.15) is 0 Å². The molecule has 0 saturated heterocycles. The summed E-state index contributed by atoms with van der Waals surface area (Å²) in [7, 11) is 0. The van der Waals surface area contributed by atoms with Crippen LogP contribution in [0.2, 0.25) is 0 Å². The largest absolute Gasteiger partial charge is 0.284 e. The standard InChI is InChI=1S/C19H19N/c1-2-8-17-13-16-11-6-7-12-18(16)19(17)20-14-15-9-4-3-5-10-15/h2-7,9-12,17H,1,8,13-14H2. The Balaban J connectivity index is 1.90. The Bertz CT molecular complexity index is 625. The lowest BCUT2D eigenvalue weighted by Crippen LogP contribution is -2.10. The van der Waals surface area contributed by atoms with E-state index in [1.54, 1.807) is 0 Å². The van der Waals surface area contributed by atoms with Crippen molar-refractivity contribution in [2.24, 2.45) is 10.9 Å². The first kappa shape index (κ1) is 12.9. The predicted octanol–water partition coefficient (Wildman–Crippen LogP) is 4.42. The maximum Gasteiger partial charge on any atom is 0.0643 e. The molecular weight excluding hydrogens is 242 g/mol. The fourth-order valence-electron chi connectivity index (χ4n) is 2.90. The highest BCUT2D eigenvalue weighted by Gasteiger charge is 2.26. The third-order valence-corrected chi connectivity index (χ3v) is 3.87. The number of hydrogen-bond donors (Lipinski definition) is 0. The van der Waals surface area contributed by atoms with Gasteiger partial charge in [0.2, 0.25) is 0 Å². The van der Waals surface area contributed by atoms with E-state index in [0.717, 1.165) is 19.4 Å². The number of benzene rings is 2. The maximum absolute atomic E-state index is 4.90. The Morgan fingerprint density at radius 2 is 1.80 bits per heavy atom. The van der Waals surface area contributed by atoms with E-state index in [0.29, 0.717) is 5.92 Å². The van der Waals surface area contributed by atoms with Crippen LogP contribution in [0.4, 0.5) is 0 Å². The van der Waals surface area contributed by atoms with Gasteiger partial charge in [-0.25, -0.2) is 0 Å². The van der Waals surface area contributed by atoms with E-state index in [1.165, 1.54) is 22.4 Å². The molecule has 0 amide bonds. The molecule has 0 bridgehead atoms. The molecule has 0 spiro atoms. The summed E-state index contributed by atoms with van der Waals surface area (Å²) in [4.78, 5) is 4.90. The van der Waals surface area contributed by atoms with Crippen LogP contribution in [-0.4, -0.2) is 5.71 Å². The van der Waals surface area contributed by atoms with E-state index < -0.39 is 0 Å². The highest BCUT2D eigenvalue weighted by molar-refractivity contribution is 6.06. The van der Waals surface area contributed by atoms with Crippen molar-refractivity contribution in [3.05, 3.63) is 83.9 Å². The molecule has 0 heterocycles. The Kier molecular flexibility index (Phi) is 3.78. The SMILES string of the molecule is C=CCC1Cc2ccccc2C1=NCc1ccccc1. The lowest BCUT2D eigenvalue weighted by atomic mass is 10.00. The van der Waals surface area contributed by atoms with Crippen LogP contribution in [0.1, 0.15) is 23.1 Å². The van der Waals surface area contributed by atoms with Gasteiger partial charge in [0, 0.05) is 11.6 Å². The van der Waals surface area contributed by atoms with Gasteiger partial charge in [-0.05, 0) is 29.5 Å². The molecule has 1 unspecified atom stereocenters. The quantitative estimate of drug-likeness (QED) is 0.722. The average molecular weight is 261 g/mol. The fourth-order valence-corrected chi connectivity index (χ4v) is 2.90. The molecule has 1 aliphatic rings. The Morgan fingerprint density at radius 3 is 2.60 bits per heavy atom. The van der Waals surface area contributed by atoms with Crippen molar-refractivity contribution in [1.82, 2.24) is 0 Å². The first-order chi connectivity index (χ1) is 9.88. The van der Waals surface area contributed by atoms with Crippen LogP contribution in [0.25, 0.3) is 0 Å². The lowest BCUT2D eigenvalue weighted by molar-refractivity contribution is 0.722. The minimum Gasteiger partial charge on any atom is -0.284 e. The third-order valence-electron chi connectivity index (χ3n) is 3.87. The van der Waals surface area contributed by atoms with Crippen molar-refractivity contribution < 1.29 is 0 Å². The van der Waals surface area contributed by atoms with Crippen LogP contribution in [0, 0.1) is 5.92 Å². The zero-order chi connectivity index (χ0) is 13.8. The molecule has 1 atom stereocenters. The minimum absolute atomic E-state index is 0.494. The van der Waals surface area contributed by atoms with Crippen molar-refractivity contribution in [2.75, 3.05) is 0 Å². The van der Waals surface area contributed by atoms with E-state index in [-0.39, 0.29) is 0 Å². The van der Waals surface area contributed by atoms with Crippen molar-refractivity contribution in [2.45, 2.75) is 19.4 Å². The first-order valence-electron chi connectivity index (χ1n) is 7.16. The van der Waals surface area contributed by atoms with Crippen LogP contribution in [-0.2, 0) is 13.0 Å². The molecule has 3 rings (SSSR count). The molecule has 1 nitrogen and oxygen atoms in total. The predicted molar refractivity (Wildman–Crippen MR) is 85.1 cm³/mol. The van der Waals surface area contributed by atoms with Gasteiger partial charge in [-0.1, -0.05) is 60.7 Å². The third kappa shape index (κ3) is 2.57. The zero-order valence-electron chi connectivity index (χ0n) is 11.6. The smallest absolute Gasteiger partial charge is 0.0643 e. The van der Waals surface area contributed by atoms with Gasteiger partial charge in [-0.2, -0.15) is 0 Å². The van der Waals surface area contributed by atoms with E-state index >= 15 is 0 Å². The van der Waals surface area contributed by atoms with E-state index in [2.05, 4.69) is 55.1 Å². The topological polar surface area (TPSA) is 12.4 Å². The highest BCUT2D eigenvalue weighted by Crippen LogP contribution is 2.30. The van der Waals surface area contributed by atoms with Crippen LogP contribution < -0.4 is 0 Å². The molecule has 100 valence electrons. The number of aliphatic imine (C=N–C) groups is 1. The second-order valence-corrected chi connectivity index (χ2v) is 5.27. The van der Waals surface area contributed by atoms with Gasteiger partial charge in [-0.15, -0.1) is 6.58 Å². The molecule has 2 aromatic rings. The summed E-state index contributed by atoms with van der Waals surface area (Å²) in [5.74, 6) is 0.494. The summed E-state index contributed by atoms with van der Waals surface area (Å²) < 4.78 is 0. The van der Waals surface area contributed by atoms with Crippen molar-refractivity contribution in [3.8, 4) is 0 Å². The van der Waals surface area contributed by atoms with Crippen molar-refractivity contribution in [3.63, 3.8) is 0 Å². The molecule has 0 radical (unpaired) electrons. The van der Waals surface area contributed by atoms with Crippen LogP contribution >= 0.6 is 0 Å². The maximum atomic E-state index is 4.90. The number of nitrogens with zero attached hydrogens (tertiary/aromatic N) is 1. The molecule has 20 heavy (non-hydrogen) atoms. The Morgan fingerprint density at radius 1 is 1.05 bits per heavy atom. The molecule has 0 N–H and O–H groups in total. The Hall–Kier alpha value is -2.15. The monoisotopic (exact) mass is 261 g/mol. The molecule has 0 aromatic heterocycles. The lowest BCUT2D eigenvalue weighted by Gasteiger charge is -2.09. The van der Waals surface area contributed by atoms with Gasteiger partial charge < -0.3 is 0 Å². The van der Waals surface area contributed by atoms with Crippen LogP contribution in [0.15, 0.2) is 72.2 Å². The average Bonchev–Trinajstić information content (AvgIpc) is 2.84. The fraction of sp³-hybridized carbons (Fsp3) is 0.211. The number of hydrogen-bond acceptors (Lipinski definition) is 1. The number of rotatable bonds is 4. The van der Waals surface area contributed by atoms with Crippen LogP contribution in [0.3, 0.4) is 0 Å². The summed E-state index contributed by atoms with van der Waals surface area (Å²) in [5, 5.41) is 0. The molecule has 2 aromatic carbocycles. The Labute approximate surface area is 120 Å². The summed E-state index contributed by atoms with van der Waals surface area (Å²) in [5.41, 5.74) is 5.27. The molecule has 0 saturated carbocycles. The highest BCUT2D eigenvalue weighted by atomic mass is 14.8.